The third-order valence-electron chi connectivity index (χ3n) is 2.84. The molecule has 0 saturated carbocycles. The molecule has 4 heteroatoms. The van der Waals surface area contributed by atoms with Crippen LogP contribution in [-0.2, 0) is 6.54 Å². The summed E-state index contributed by atoms with van der Waals surface area (Å²) in [6, 6.07) is 10.9. The van der Waals surface area contributed by atoms with Crippen molar-refractivity contribution in [2.45, 2.75) is 13.5 Å². The molecule has 0 aliphatic heterocycles. The summed E-state index contributed by atoms with van der Waals surface area (Å²) in [6.07, 6.45) is 0. The van der Waals surface area contributed by atoms with Gasteiger partial charge in [-0.25, -0.2) is 8.78 Å². The van der Waals surface area contributed by atoms with Crippen molar-refractivity contribution in [1.29, 1.82) is 5.26 Å². The van der Waals surface area contributed by atoms with Gasteiger partial charge in [0.25, 0.3) is 0 Å². The Bertz CT molecular complexity index is 625. The van der Waals surface area contributed by atoms with Crippen LogP contribution in [-0.4, -0.2) is 0 Å². The largest absolute Gasteiger partial charge is 0.378 e. The number of halogens is 2. The molecule has 0 heterocycles. The first kappa shape index (κ1) is 13.0. The van der Waals surface area contributed by atoms with E-state index in [0.29, 0.717) is 12.2 Å². The van der Waals surface area contributed by atoms with Crippen molar-refractivity contribution in [2.24, 2.45) is 0 Å². The van der Waals surface area contributed by atoms with Crippen molar-refractivity contribution in [1.82, 2.24) is 0 Å². The fraction of sp³-hybridized carbons (Fsp3) is 0.133. The normalized spacial score (nSPS) is 10.0. The van der Waals surface area contributed by atoms with Gasteiger partial charge in [-0.3, -0.25) is 0 Å². The van der Waals surface area contributed by atoms with Crippen LogP contribution in [0.3, 0.4) is 0 Å². The van der Waals surface area contributed by atoms with Crippen LogP contribution in [0.1, 0.15) is 16.7 Å². The fourth-order valence-corrected chi connectivity index (χ4v) is 1.81. The van der Waals surface area contributed by atoms with Crippen LogP contribution in [0.5, 0.6) is 0 Å². The molecule has 0 amide bonds. The zero-order valence-corrected chi connectivity index (χ0v) is 10.4. The molecule has 0 aliphatic carbocycles. The molecule has 0 aromatic heterocycles. The molecule has 0 aliphatic rings. The maximum absolute atomic E-state index is 13.6. The third-order valence-corrected chi connectivity index (χ3v) is 2.84. The van der Waals surface area contributed by atoms with Gasteiger partial charge < -0.3 is 5.32 Å². The molecule has 0 radical (unpaired) electrons. The van der Waals surface area contributed by atoms with E-state index >= 15 is 0 Å². The summed E-state index contributed by atoms with van der Waals surface area (Å²) in [5.41, 5.74) is 1.93. The molecule has 2 aromatic carbocycles. The third kappa shape index (κ3) is 2.89. The van der Waals surface area contributed by atoms with E-state index in [0.717, 1.165) is 11.1 Å². The Morgan fingerprint density at radius 2 is 1.95 bits per heavy atom. The van der Waals surface area contributed by atoms with Crippen molar-refractivity contribution in [3.8, 4) is 6.07 Å². The molecule has 0 bridgehead atoms. The first-order chi connectivity index (χ1) is 9.11. The zero-order valence-electron chi connectivity index (χ0n) is 10.4. The average molecular weight is 258 g/mol. The number of para-hydroxylation sites is 1. The monoisotopic (exact) mass is 258 g/mol. The lowest BCUT2D eigenvalue weighted by molar-refractivity contribution is 0.622. The maximum atomic E-state index is 13.6. The lowest BCUT2D eigenvalue weighted by Gasteiger charge is -2.10. The molecular formula is C15H12F2N2. The summed E-state index contributed by atoms with van der Waals surface area (Å²) in [7, 11) is 0. The van der Waals surface area contributed by atoms with Crippen molar-refractivity contribution < 1.29 is 8.78 Å². The van der Waals surface area contributed by atoms with Gasteiger partial charge in [-0.2, -0.15) is 5.26 Å². The van der Waals surface area contributed by atoms with Crippen molar-refractivity contribution in [3.63, 3.8) is 0 Å². The quantitative estimate of drug-likeness (QED) is 0.909. The first-order valence-electron chi connectivity index (χ1n) is 5.79. The standard InChI is InChI=1S/C15H12F2N2/c1-10-3-2-4-14(17)15(10)19-9-11-5-6-13(16)12(7-11)8-18/h2-7,19H,9H2,1H3. The maximum Gasteiger partial charge on any atom is 0.146 e. The minimum Gasteiger partial charge on any atom is -0.378 e. The average Bonchev–Trinajstić information content (AvgIpc) is 2.40. The second-order valence-electron chi connectivity index (χ2n) is 4.21. The van der Waals surface area contributed by atoms with Gasteiger partial charge in [-0.15, -0.1) is 0 Å². The van der Waals surface area contributed by atoms with Crippen LogP contribution in [0.4, 0.5) is 14.5 Å². The number of nitrogens with one attached hydrogen (secondary N) is 1. The SMILES string of the molecule is Cc1cccc(F)c1NCc1ccc(F)c(C#N)c1. The van der Waals surface area contributed by atoms with Gasteiger partial charge in [0.1, 0.15) is 17.7 Å². The van der Waals surface area contributed by atoms with E-state index in [4.69, 9.17) is 5.26 Å². The molecule has 2 rings (SSSR count). The molecule has 0 saturated heterocycles. The Morgan fingerprint density at radius 3 is 2.63 bits per heavy atom. The predicted octanol–water partition coefficient (Wildman–Crippen LogP) is 3.76. The van der Waals surface area contributed by atoms with E-state index in [1.807, 2.05) is 0 Å². The molecule has 0 atom stereocenters. The van der Waals surface area contributed by atoms with Gasteiger partial charge in [0, 0.05) is 6.54 Å². The van der Waals surface area contributed by atoms with Crippen molar-refractivity contribution >= 4 is 5.69 Å². The number of rotatable bonds is 3. The summed E-state index contributed by atoms with van der Waals surface area (Å²) < 4.78 is 26.7. The smallest absolute Gasteiger partial charge is 0.146 e. The van der Waals surface area contributed by atoms with Crippen LogP contribution in [0.15, 0.2) is 36.4 Å². The number of benzene rings is 2. The minimum absolute atomic E-state index is 0.00967. The molecular weight excluding hydrogens is 246 g/mol. The van der Waals surface area contributed by atoms with Gasteiger partial charge in [-0.05, 0) is 36.2 Å². The summed E-state index contributed by atoms with van der Waals surface area (Å²) >= 11 is 0. The van der Waals surface area contributed by atoms with Crippen molar-refractivity contribution in [2.75, 3.05) is 5.32 Å². The lowest BCUT2D eigenvalue weighted by Crippen LogP contribution is -2.03. The van der Waals surface area contributed by atoms with Crippen LogP contribution in [0, 0.1) is 29.9 Å². The highest BCUT2D eigenvalue weighted by atomic mass is 19.1. The summed E-state index contributed by atoms with van der Waals surface area (Å²) in [5.74, 6) is -0.879. The van der Waals surface area contributed by atoms with Crippen LogP contribution >= 0.6 is 0 Å². The number of anilines is 1. The van der Waals surface area contributed by atoms with Crippen LogP contribution in [0.2, 0.25) is 0 Å². The van der Waals surface area contributed by atoms with Gasteiger partial charge in [0.05, 0.1) is 11.3 Å². The summed E-state index contributed by atoms with van der Waals surface area (Å²) in [5, 5.41) is 11.7. The van der Waals surface area contributed by atoms with Gasteiger partial charge in [0.2, 0.25) is 0 Å². The Labute approximate surface area is 110 Å². The molecule has 0 unspecified atom stereocenters. The number of nitrogens with zero attached hydrogens (tertiary/aromatic N) is 1. The highest BCUT2D eigenvalue weighted by Crippen LogP contribution is 2.20. The lowest BCUT2D eigenvalue weighted by atomic mass is 10.1. The molecule has 1 N–H and O–H groups in total. The Hall–Kier alpha value is -2.41. The Morgan fingerprint density at radius 1 is 1.16 bits per heavy atom. The van der Waals surface area contributed by atoms with E-state index < -0.39 is 5.82 Å². The summed E-state index contributed by atoms with van der Waals surface area (Å²) in [4.78, 5) is 0. The zero-order chi connectivity index (χ0) is 13.8. The number of hydrogen-bond donors (Lipinski definition) is 1. The number of aryl methyl sites for hydroxylation is 1. The first-order valence-corrected chi connectivity index (χ1v) is 5.79. The van der Waals surface area contributed by atoms with E-state index in [9.17, 15) is 8.78 Å². The number of nitriles is 1. The van der Waals surface area contributed by atoms with Gasteiger partial charge in [0.15, 0.2) is 0 Å². The van der Waals surface area contributed by atoms with Crippen molar-refractivity contribution in [3.05, 3.63) is 64.7 Å². The van der Waals surface area contributed by atoms with E-state index in [-0.39, 0.29) is 11.4 Å². The summed E-state index contributed by atoms with van der Waals surface area (Å²) in [6.45, 7) is 2.13. The van der Waals surface area contributed by atoms with Crippen LogP contribution < -0.4 is 5.32 Å². The molecule has 2 nitrogen and oxygen atoms in total. The molecule has 2 aromatic rings. The number of hydrogen-bond acceptors (Lipinski definition) is 2. The Kier molecular flexibility index (Phi) is 3.76. The van der Waals surface area contributed by atoms with E-state index in [1.54, 1.807) is 31.2 Å². The topological polar surface area (TPSA) is 35.8 Å². The second kappa shape index (κ2) is 5.49. The van der Waals surface area contributed by atoms with E-state index in [2.05, 4.69) is 5.32 Å². The van der Waals surface area contributed by atoms with Crippen LogP contribution in [0.25, 0.3) is 0 Å². The molecule has 96 valence electrons. The van der Waals surface area contributed by atoms with Gasteiger partial charge in [-0.1, -0.05) is 18.2 Å². The minimum atomic E-state index is -0.548. The highest BCUT2D eigenvalue weighted by molar-refractivity contribution is 5.52. The molecule has 0 spiro atoms. The highest BCUT2D eigenvalue weighted by Gasteiger charge is 2.06. The van der Waals surface area contributed by atoms with E-state index in [1.165, 1.54) is 18.2 Å². The molecule has 19 heavy (non-hydrogen) atoms. The Balaban J connectivity index is 2.17. The molecule has 0 fully saturated rings. The van der Waals surface area contributed by atoms with Gasteiger partial charge >= 0.3 is 0 Å². The second-order valence-corrected chi connectivity index (χ2v) is 4.21. The fourth-order valence-electron chi connectivity index (χ4n) is 1.81. The predicted molar refractivity (Wildman–Crippen MR) is 69.6 cm³/mol.